The fourth-order valence-corrected chi connectivity index (χ4v) is 2.47. The molecule has 0 aliphatic rings. The quantitative estimate of drug-likeness (QED) is 0.699. The van der Waals surface area contributed by atoms with Crippen molar-refractivity contribution in [3.05, 3.63) is 60.2 Å². The molecule has 0 atom stereocenters. The molecular weight excluding hydrogens is 215 g/mol. The highest BCUT2D eigenvalue weighted by molar-refractivity contribution is 6.84. The molecule has 0 amide bonds. The Bertz CT molecular complexity index is 476. The van der Waals surface area contributed by atoms with Crippen LogP contribution < -0.4 is 10.9 Å². The summed E-state index contributed by atoms with van der Waals surface area (Å²) < 4.78 is 0. The van der Waals surface area contributed by atoms with E-state index < -0.39 is 0 Å². The van der Waals surface area contributed by atoms with Crippen LogP contribution >= 0.6 is 0 Å². The number of hydrogen-bond acceptors (Lipinski definition) is 0. The van der Waals surface area contributed by atoms with Crippen LogP contribution in [0.15, 0.2) is 54.6 Å². The molecule has 92 valence electrons. The minimum atomic E-state index is 0.485. The van der Waals surface area contributed by atoms with Crippen molar-refractivity contribution in [1.29, 1.82) is 0 Å². The van der Waals surface area contributed by atoms with Crippen molar-refractivity contribution in [3.8, 4) is 0 Å². The van der Waals surface area contributed by atoms with E-state index in [4.69, 9.17) is 0 Å². The van der Waals surface area contributed by atoms with Gasteiger partial charge in [-0.2, -0.15) is 0 Å². The summed E-state index contributed by atoms with van der Waals surface area (Å²) >= 11 is 0. The van der Waals surface area contributed by atoms with Gasteiger partial charge in [0.2, 0.25) is 6.71 Å². The molecule has 2 aromatic carbocycles. The van der Waals surface area contributed by atoms with E-state index in [-0.39, 0.29) is 0 Å². The monoisotopic (exact) mass is 236 g/mol. The lowest BCUT2D eigenvalue weighted by Gasteiger charge is -2.14. The Hall–Kier alpha value is -1.50. The minimum absolute atomic E-state index is 0.485. The molecule has 0 unspecified atom stereocenters. The maximum Gasteiger partial charge on any atom is 0.206 e. The lowest BCUT2D eigenvalue weighted by atomic mass is 9.41. The van der Waals surface area contributed by atoms with E-state index in [9.17, 15) is 0 Å². The van der Waals surface area contributed by atoms with Crippen molar-refractivity contribution in [2.45, 2.75) is 33.0 Å². The van der Waals surface area contributed by atoms with Crippen LogP contribution in [-0.4, -0.2) is 6.71 Å². The summed E-state index contributed by atoms with van der Waals surface area (Å²) in [5.41, 5.74) is 4.40. The Morgan fingerprint density at radius 2 is 1.56 bits per heavy atom. The first-order valence-corrected chi connectivity index (χ1v) is 6.95. The Morgan fingerprint density at radius 3 is 2.28 bits per heavy atom. The zero-order valence-corrected chi connectivity index (χ0v) is 11.4. The molecule has 0 bridgehead atoms. The second kappa shape index (κ2) is 6.44. The zero-order chi connectivity index (χ0) is 12.8. The number of unbranched alkanes of at least 4 members (excludes halogenated alkanes) is 1. The normalized spacial score (nSPS) is 10.3. The van der Waals surface area contributed by atoms with Gasteiger partial charge in [0.15, 0.2) is 0 Å². The summed E-state index contributed by atoms with van der Waals surface area (Å²) in [6.45, 7) is 5.04. The highest BCUT2D eigenvalue weighted by Crippen LogP contribution is 2.04. The smallest absolute Gasteiger partial charge is 0.0774 e. The van der Waals surface area contributed by atoms with Crippen molar-refractivity contribution in [2.24, 2.45) is 0 Å². The average molecular weight is 236 g/mol. The van der Waals surface area contributed by atoms with Crippen molar-refractivity contribution in [1.82, 2.24) is 0 Å². The van der Waals surface area contributed by atoms with Crippen LogP contribution in [0.1, 0.15) is 25.3 Å². The molecule has 0 nitrogen and oxygen atoms in total. The molecule has 0 aromatic heterocycles. The lowest BCUT2D eigenvalue weighted by molar-refractivity contribution is 0.797. The maximum absolute atomic E-state index is 2.31. The Kier molecular flexibility index (Phi) is 4.63. The Labute approximate surface area is 111 Å². The van der Waals surface area contributed by atoms with Crippen LogP contribution in [0.2, 0.25) is 6.82 Å². The third kappa shape index (κ3) is 3.04. The van der Waals surface area contributed by atoms with Crippen LogP contribution in [0, 0.1) is 0 Å². The van der Waals surface area contributed by atoms with Crippen LogP contribution in [0.25, 0.3) is 0 Å². The fraction of sp³-hybridized carbons (Fsp3) is 0.294. The van der Waals surface area contributed by atoms with E-state index in [1.54, 1.807) is 0 Å². The first kappa shape index (κ1) is 12.9. The predicted octanol–water partition coefficient (Wildman–Crippen LogP) is 3.27. The third-order valence-corrected chi connectivity index (χ3v) is 3.62. The molecule has 0 N–H and O–H groups in total. The molecule has 2 rings (SSSR count). The van der Waals surface area contributed by atoms with E-state index in [0.29, 0.717) is 6.71 Å². The molecule has 0 radical (unpaired) electrons. The van der Waals surface area contributed by atoms with Gasteiger partial charge in [0.25, 0.3) is 0 Å². The van der Waals surface area contributed by atoms with E-state index in [1.165, 1.54) is 35.8 Å². The summed E-state index contributed by atoms with van der Waals surface area (Å²) in [6, 6.07) is 19.7. The first-order valence-electron chi connectivity index (χ1n) is 6.95. The number of rotatable bonds is 5. The Balaban J connectivity index is 2.27. The maximum atomic E-state index is 2.31. The molecule has 0 spiro atoms. The van der Waals surface area contributed by atoms with Crippen molar-refractivity contribution in [3.63, 3.8) is 0 Å². The molecular formula is C17H21B. The van der Waals surface area contributed by atoms with Crippen molar-refractivity contribution < 1.29 is 0 Å². The molecule has 0 aliphatic heterocycles. The Morgan fingerprint density at radius 1 is 0.889 bits per heavy atom. The average Bonchev–Trinajstić information content (AvgIpc) is 2.45. The van der Waals surface area contributed by atoms with Gasteiger partial charge >= 0.3 is 0 Å². The summed E-state index contributed by atoms with van der Waals surface area (Å²) in [7, 11) is 0. The summed E-state index contributed by atoms with van der Waals surface area (Å²) in [5, 5.41) is 0. The van der Waals surface area contributed by atoms with Gasteiger partial charge in [0.05, 0.1) is 0 Å². The van der Waals surface area contributed by atoms with Gasteiger partial charge in [0, 0.05) is 0 Å². The number of aryl methyl sites for hydroxylation is 1. The molecule has 1 heteroatoms. The molecule has 0 saturated heterocycles. The summed E-state index contributed by atoms with van der Waals surface area (Å²) in [5.74, 6) is 0. The molecule has 2 aromatic rings. The second-order valence-electron chi connectivity index (χ2n) is 4.93. The highest BCUT2D eigenvalue weighted by atomic mass is 14.0. The zero-order valence-electron chi connectivity index (χ0n) is 11.4. The largest absolute Gasteiger partial charge is 0.206 e. The van der Waals surface area contributed by atoms with Gasteiger partial charge in [-0.25, -0.2) is 0 Å². The van der Waals surface area contributed by atoms with Crippen LogP contribution in [-0.2, 0) is 6.42 Å². The molecule has 0 aliphatic carbocycles. The number of hydrogen-bond donors (Lipinski definition) is 0. The van der Waals surface area contributed by atoms with Gasteiger partial charge in [-0.3, -0.25) is 0 Å². The standard InChI is InChI=1S/C17H21B/c1-3-4-10-15-11-8-9-14-17(15)18(2)16-12-6-5-7-13-16/h5-9,11-14H,3-4,10H2,1-2H3. The summed E-state index contributed by atoms with van der Waals surface area (Å²) in [6.07, 6.45) is 3.73. The van der Waals surface area contributed by atoms with Crippen molar-refractivity contribution in [2.75, 3.05) is 0 Å². The third-order valence-electron chi connectivity index (χ3n) is 3.62. The van der Waals surface area contributed by atoms with Crippen LogP contribution in [0.5, 0.6) is 0 Å². The second-order valence-corrected chi connectivity index (χ2v) is 4.93. The van der Waals surface area contributed by atoms with Gasteiger partial charge in [-0.05, 0) is 12.8 Å². The van der Waals surface area contributed by atoms with Gasteiger partial charge < -0.3 is 0 Å². The van der Waals surface area contributed by atoms with Crippen molar-refractivity contribution >= 4 is 17.6 Å². The highest BCUT2D eigenvalue weighted by Gasteiger charge is 2.15. The van der Waals surface area contributed by atoms with Crippen LogP contribution in [0.4, 0.5) is 0 Å². The minimum Gasteiger partial charge on any atom is -0.0774 e. The molecule has 0 saturated carbocycles. The SMILES string of the molecule is CCCCc1ccccc1B(C)c1ccccc1. The van der Waals surface area contributed by atoms with E-state index in [1.807, 2.05) is 0 Å². The van der Waals surface area contributed by atoms with Gasteiger partial charge in [0.1, 0.15) is 0 Å². The molecule has 0 fully saturated rings. The lowest BCUT2D eigenvalue weighted by Crippen LogP contribution is -2.41. The van der Waals surface area contributed by atoms with Crippen LogP contribution in [0.3, 0.4) is 0 Å². The van der Waals surface area contributed by atoms with E-state index in [2.05, 4.69) is 68.3 Å². The summed E-state index contributed by atoms with van der Waals surface area (Å²) in [4.78, 5) is 0. The first-order chi connectivity index (χ1) is 8.83. The van der Waals surface area contributed by atoms with E-state index in [0.717, 1.165) is 0 Å². The molecule has 18 heavy (non-hydrogen) atoms. The van der Waals surface area contributed by atoms with Gasteiger partial charge in [-0.15, -0.1) is 0 Å². The number of benzene rings is 2. The molecule has 0 heterocycles. The predicted molar refractivity (Wildman–Crippen MR) is 82.4 cm³/mol. The van der Waals surface area contributed by atoms with E-state index >= 15 is 0 Å². The fourth-order valence-electron chi connectivity index (χ4n) is 2.47. The topological polar surface area (TPSA) is 0 Å². The van der Waals surface area contributed by atoms with Gasteiger partial charge in [-0.1, -0.05) is 91.3 Å².